The van der Waals surface area contributed by atoms with Gasteiger partial charge in [0.15, 0.2) is 0 Å². The number of carbonyl (C=O) groups is 1. The minimum Gasteiger partial charge on any atom is -0.370 e. The number of para-hydroxylation sites is 1. The van der Waals surface area contributed by atoms with Crippen LogP contribution in [0.2, 0.25) is 0 Å². The van der Waals surface area contributed by atoms with Crippen LogP contribution in [0, 0.1) is 6.92 Å². The fourth-order valence-corrected chi connectivity index (χ4v) is 3.99. The fraction of sp³-hybridized carbons (Fsp3) is 0.429. The van der Waals surface area contributed by atoms with E-state index in [2.05, 4.69) is 51.2 Å². The monoisotopic (exact) mass is 350 g/mol. The molecule has 0 aliphatic carbocycles. The standard InChI is InChI=1S/C21H26N4O/c1-17-15-19(7-9-22-17)23-10-4-11-24(14-13-23)21(26)16-25-12-8-18-5-2-3-6-20(18)25/h2-3,5-7,9,15H,4,8,10-14,16H2,1H3. The average molecular weight is 350 g/mol. The van der Waals surface area contributed by atoms with Crippen LogP contribution in [-0.2, 0) is 11.2 Å². The van der Waals surface area contributed by atoms with Crippen molar-refractivity contribution in [3.8, 4) is 0 Å². The fourth-order valence-electron chi connectivity index (χ4n) is 3.99. The summed E-state index contributed by atoms with van der Waals surface area (Å²) in [6, 6.07) is 12.6. The summed E-state index contributed by atoms with van der Waals surface area (Å²) in [6.45, 7) is 6.95. The van der Waals surface area contributed by atoms with E-state index in [-0.39, 0.29) is 5.91 Å². The number of amides is 1. The maximum atomic E-state index is 12.9. The Labute approximate surface area is 155 Å². The van der Waals surface area contributed by atoms with Crippen LogP contribution in [0.3, 0.4) is 0 Å². The van der Waals surface area contributed by atoms with Crippen molar-refractivity contribution in [3.63, 3.8) is 0 Å². The summed E-state index contributed by atoms with van der Waals surface area (Å²) in [5.74, 6) is 0.245. The van der Waals surface area contributed by atoms with Gasteiger partial charge in [0.05, 0.1) is 6.54 Å². The van der Waals surface area contributed by atoms with Crippen molar-refractivity contribution in [1.29, 1.82) is 0 Å². The molecule has 0 N–H and O–H groups in total. The molecule has 1 aromatic heterocycles. The molecular weight excluding hydrogens is 324 g/mol. The molecule has 2 aliphatic rings. The van der Waals surface area contributed by atoms with Gasteiger partial charge >= 0.3 is 0 Å². The van der Waals surface area contributed by atoms with Crippen LogP contribution in [0.25, 0.3) is 0 Å². The normalized spacial score (nSPS) is 17.2. The first-order chi connectivity index (χ1) is 12.7. The van der Waals surface area contributed by atoms with Crippen molar-refractivity contribution in [2.24, 2.45) is 0 Å². The van der Waals surface area contributed by atoms with E-state index in [0.717, 1.165) is 51.3 Å². The molecule has 5 heteroatoms. The lowest BCUT2D eigenvalue weighted by Gasteiger charge is -2.26. The highest BCUT2D eigenvalue weighted by Gasteiger charge is 2.24. The quantitative estimate of drug-likeness (QED) is 0.853. The van der Waals surface area contributed by atoms with Gasteiger partial charge in [-0.15, -0.1) is 0 Å². The molecule has 1 aromatic carbocycles. The molecule has 5 nitrogen and oxygen atoms in total. The van der Waals surface area contributed by atoms with Crippen molar-refractivity contribution in [3.05, 3.63) is 53.9 Å². The predicted molar refractivity (Wildman–Crippen MR) is 105 cm³/mol. The second-order valence-electron chi connectivity index (χ2n) is 7.18. The molecular formula is C21H26N4O. The summed E-state index contributed by atoms with van der Waals surface area (Å²) in [5.41, 5.74) is 4.83. The number of aryl methyl sites for hydroxylation is 1. The van der Waals surface area contributed by atoms with Crippen molar-refractivity contribution >= 4 is 17.3 Å². The molecule has 1 saturated heterocycles. The van der Waals surface area contributed by atoms with Crippen LogP contribution in [0.1, 0.15) is 17.7 Å². The largest absolute Gasteiger partial charge is 0.370 e. The molecule has 0 spiro atoms. The molecule has 4 rings (SSSR count). The van der Waals surface area contributed by atoms with Crippen molar-refractivity contribution in [1.82, 2.24) is 9.88 Å². The zero-order valence-electron chi connectivity index (χ0n) is 15.4. The summed E-state index contributed by atoms with van der Waals surface area (Å²) in [7, 11) is 0. The molecule has 136 valence electrons. The molecule has 0 bridgehead atoms. The molecule has 1 amide bonds. The van der Waals surface area contributed by atoms with Crippen LogP contribution >= 0.6 is 0 Å². The number of pyridine rings is 1. The minimum absolute atomic E-state index is 0.245. The third-order valence-electron chi connectivity index (χ3n) is 5.40. The molecule has 0 radical (unpaired) electrons. The van der Waals surface area contributed by atoms with Crippen LogP contribution in [0.5, 0.6) is 0 Å². The smallest absolute Gasteiger partial charge is 0.242 e. The number of anilines is 2. The number of carbonyl (C=O) groups excluding carboxylic acids is 1. The van der Waals surface area contributed by atoms with Crippen LogP contribution in [-0.4, -0.2) is 55.1 Å². The lowest BCUT2D eigenvalue weighted by atomic mass is 10.2. The SMILES string of the molecule is Cc1cc(N2CCCN(C(=O)CN3CCc4ccccc43)CC2)ccn1. The van der Waals surface area contributed by atoms with Gasteiger partial charge in [-0.2, -0.15) is 0 Å². The Morgan fingerprint density at radius 3 is 2.85 bits per heavy atom. The highest BCUT2D eigenvalue weighted by molar-refractivity contribution is 5.82. The van der Waals surface area contributed by atoms with Gasteiger partial charge in [0.2, 0.25) is 5.91 Å². The molecule has 2 aromatic rings. The molecule has 26 heavy (non-hydrogen) atoms. The molecule has 0 saturated carbocycles. The Bertz CT molecular complexity index is 791. The first kappa shape index (κ1) is 16.9. The lowest BCUT2D eigenvalue weighted by Crippen LogP contribution is -2.41. The summed E-state index contributed by atoms with van der Waals surface area (Å²) < 4.78 is 0. The van der Waals surface area contributed by atoms with E-state index in [4.69, 9.17) is 0 Å². The maximum Gasteiger partial charge on any atom is 0.242 e. The molecule has 0 unspecified atom stereocenters. The van der Waals surface area contributed by atoms with E-state index in [1.54, 1.807) is 0 Å². The number of rotatable bonds is 3. The van der Waals surface area contributed by atoms with E-state index in [9.17, 15) is 4.79 Å². The average Bonchev–Trinajstić information content (AvgIpc) is 2.89. The predicted octanol–water partition coefficient (Wildman–Crippen LogP) is 2.49. The van der Waals surface area contributed by atoms with Gasteiger partial charge in [0.25, 0.3) is 0 Å². The lowest BCUT2D eigenvalue weighted by molar-refractivity contribution is -0.129. The number of aromatic nitrogens is 1. The van der Waals surface area contributed by atoms with Gasteiger partial charge in [0, 0.05) is 56.0 Å². The van der Waals surface area contributed by atoms with Gasteiger partial charge in [0.1, 0.15) is 0 Å². The number of fused-ring (bicyclic) bond motifs is 1. The maximum absolute atomic E-state index is 12.9. The van der Waals surface area contributed by atoms with E-state index >= 15 is 0 Å². The minimum atomic E-state index is 0.245. The first-order valence-electron chi connectivity index (χ1n) is 9.49. The Balaban J connectivity index is 1.38. The van der Waals surface area contributed by atoms with Crippen LogP contribution in [0.15, 0.2) is 42.6 Å². The van der Waals surface area contributed by atoms with E-state index in [1.165, 1.54) is 16.9 Å². The van der Waals surface area contributed by atoms with Crippen LogP contribution < -0.4 is 9.80 Å². The zero-order valence-corrected chi connectivity index (χ0v) is 15.4. The van der Waals surface area contributed by atoms with Crippen LogP contribution in [0.4, 0.5) is 11.4 Å². The Morgan fingerprint density at radius 2 is 1.96 bits per heavy atom. The summed E-state index contributed by atoms with van der Waals surface area (Å²) in [6.07, 6.45) is 3.91. The number of nitrogens with zero attached hydrogens (tertiary/aromatic N) is 4. The van der Waals surface area contributed by atoms with Gasteiger partial charge in [-0.05, 0) is 43.5 Å². The van der Waals surface area contributed by atoms with Gasteiger partial charge < -0.3 is 14.7 Å². The Hall–Kier alpha value is -2.56. The summed E-state index contributed by atoms with van der Waals surface area (Å²) >= 11 is 0. The first-order valence-corrected chi connectivity index (χ1v) is 9.49. The molecule has 1 fully saturated rings. The zero-order chi connectivity index (χ0) is 17.9. The van der Waals surface area contributed by atoms with E-state index in [1.807, 2.05) is 18.0 Å². The van der Waals surface area contributed by atoms with Gasteiger partial charge in [-0.25, -0.2) is 0 Å². The molecule has 2 aliphatic heterocycles. The summed E-state index contributed by atoms with van der Waals surface area (Å²) in [4.78, 5) is 23.8. The number of benzene rings is 1. The van der Waals surface area contributed by atoms with Crippen molar-refractivity contribution < 1.29 is 4.79 Å². The van der Waals surface area contributed by atoms with Crippen molar-refractivity contribution in [2.75, 3.05) is 49.1 Å². The number of hydrogen-bond acceptors (Lipinski definition) is 4. The topological polar surface area (TPSA) is 39.7 Å². The van der Waals surface area contributed by atoms with E-state index in [0.29, 0.717) is 6.54 Å². The Morgan fingerprint density at radius 1 is 1.08 bits per heavy atom. The second-order valence-corrected chi connectivity index (χ2v) is 7.18. The molecule has 3 heterocycles. The Kier molecular flexibility index (Phi) is 4.78. The molecule has 0 atom stereocenters. The third kappa shape index (κ3) is 3.52. The van der Waals surface area contributed by atoms with Gasteiger partial charge in [-0.3, -0.25) is 9.78 Å². The third-order valence-corrected chi connectivity index (χ3v) is 5.40. The second kappa shape index (κ2) is 7.36. The van der Waals surface area contributed by atoms with E-state index < -0.39 is 0 Å². The van der Waals surface area contributed by atoms with Gasteiger partial charge in [-0.1, -0.05) is 18.2 Å². The van der Waals surface area contributed by atoms with Crippen molar-refractivity contribution in [2.45, 2.75) is 19.8 Å². The number of hydrogen-bond donors (Lipinski definition) is 0. The highest BCUT2D eigenvalue weighted by Crippen LogP contribution is 2.27. The summed E-state index contributed by atoms with van der Waals surface area (Å²) in [5, 5.41) is 0. The highest BCUT2D eigenvalue weighted by atomic mass is 16.2.